The zero-order valence-corrected chi connectivity index (χ0v) is 17.5. The number of nitrogens with zero attached hydrogens (tertiary/aromatic N) is 5. The van der Waals surface area contributed by atoms with Crippen LogP contribution in [0.4, 0.5) is 5.13 Å². The molecule has 0 aliphatic carbocycles. The lowest BCUT2D eigenvalue weighted by Gasteiger charge is -2.34. The molecule has 1 fully saturated rings. The number of hydrogen-bond acceptors (Lipinski definition) is 6. The number of rotatable bonds is 3. The van der Waals surface area contributed by atoms with E-state index >= 15 is 0 Å². The Hall–Kier alpha value is -3.32. The second-order valence-electron chi connectivity index (χ2n) is 7.30. The van der Waals surface area contributed by atoms with Crippen molar-refractivity contribution in [2.45, 2.75) is 6.92 Å². The summed E-state index contributed by atoms with van der Waals surface area (Å²) in [6.45, 7) is 4.77. The van der Waals surface area contributed by atoms with Crippen LogP contribution in [0.25, 0.3) is 21.6 Å². The molecule has 1 saturated heterocycles. The molecule has 0 unspecified atom stereocenters. The van der Waals surface area contributed by atoms with E-state index in [9.17, 15) is 4.79 Å². The van der Waals surface area contributed by atoms with Gasteiger partial charge in [-0.2, -0.15) is 0 Å². The van der Waals surface area contributed by atoms with Crippen LogP contribution in [0.5, 0.6) is 0 Å². The Labute approximate surface area is 178 Å². The molecule has 4 heterocycles. The first-order valence-electron chi connectivity index (χ1n) is 9.98. The summed E-state index contributed by atoms with van der Waals surface area (Å²) in [6, 6.07) is 17.7. The second-order valence-corrected chi connectivity index (χ2v) is 8.25. The molecule has 0 N–H and O–H groups in total. The first-order valence-corrected chi connectivity index (χ1v) is 10.8. The van der Waals surface area contributed by atoms with Gasteiger partial charge in [0.1, 0.15) is 10.3 Å². The SMILES string of the molecule is Cc1nc(-c2ccccc2)ccc1C(=O)N1CCN(c2nc3cccnc3s2)CC1. The number of pyridine rings is 2. The zero-order chi connectivity index (χ0) is 20.5. The summed E-state index contributed by atoms with van der Waals surface area (Å²) in [5, 5.41) is 0.973. The lowest BCUT2D eigenvalue weighted by Crippen LogP contribution is -2.49. The fourth-order valence-electron chi connectivity index (χ4n) is 3.72. The molecule has 6 nitrogen and oxygen atoms in total. The van der Waals surface area contributed by atoms with Crippen molar-refractivity contribution in [1.82, 2.24) is 19.9 Å². The highest BCUT2D eigenvalue weighted by Crippen LogP contribution is 2.28. The third kappa shape index (κ3) is 3.52. The van der Waals surface area contributed by atoms with Crippen molar-refractivity contribution < 1.29 is 4.79 Å². The van der Waals surface area contributed by atoms with Gasteiger partial charge < -0.3 is 9.80 Å². The summed E-state index contributed by atoms with van der Waals surface area (Å²) in [6.07, 6.45) is 1.79. The summed E-state index contributed by atoms with van der Waals surface area (Å²) < 4.78 is 0. The van der Waals surface area contributed by atoms with Gasteiger partial charge in [-0.3, -0.25) is 9.78 Å². The normalized spacial score (nSPS) is 14.3. The van der Waals surface area contributed by atoms with Crippen LogP contribution < -0.4 is 4.90 Å². The molecule has 1 aliphatic heterocycles. The number of piperazine rings is 1. The van der Waals surface area contributed by atoms with Gasteiger partial charge in [-0.1, -0.05) is 41.7 Å². The van der Waals surface area contributed by atoms with E-state index in [1.807, 2.05) is 66.4 Å². The predicted octanol–water partition coefficient (Wildman–Crippen LogP) is 4.02. The lowest BCUT2D eigenvalue weighted by atomic mass is 10.1. The largest absolute Gasteiger partial charge is 0.344 e. The Balaban J connectivity index is 1.28. The van der Waals surface area contributed by atoms with Crippen LogP contribution in [0.3, 0.4) is 0 Å². The molecule has 0 radical (unpaired) electrons. The minimum Gasteiger partial charge on any atom is -0.344 e. The topological polar surface area (TPSA) is 62.2 Å². The zero-order valence-electron chi connectivity index (χ0n) is 16.7. The van der Waals surface area contributed by atoms with Crippen LogP contribution in [-0.4, -0.2) is 51.9 Å². The number of anilines is 1. The highest BCUT2D eigenvalue weighted by molar-refractivity contribution is 7.21. The van der Waals surface area contributed by atoms with E-state index in [1.54, 1.807) is 17.5 Å². The van der Waals surface area contributed by atoms with Crippen LogP contribution >= 0.6 is 11.3 Å². The summed E-state index contributed by atoms with van der Waals surface area (Å²) in [4.78, 5) is 31.9. The summed E-state index contributed by atoms with van der Waals surface area (Å²) in [5.41, 5.74) is 4.31. The number of amides is 1. The van der Waals surface area contributed by atoms with Gasteiger partial charge in [0.15, 0.2) is 5.13 Å². The van der Waals surface area contributed by atoms with Gasteiger partial charge in [0, 0.05) is 37.9 Å². The average molecular weight is 416 g/mol. The van der Waals surface area contributed by atoms with Gasteiger partial charge >= 0.3 is 0 Å². The minimum absolute atomic E-state index is 0.0465. The molecule has 0 saturated carbocycles. The fraction of sp³-hybridized carbons (Fsp3) is 0.217. The van der Waals surface area contributed by atoms with Crippen molar-refractivity contribution >= 4 is 32.7 Å². The maximum atomic E-state index is 13.1. The number of carbonyl (C=O) groups is 1. The maximum Gasteiger partial charge on any atom is 0.255 e. The molecule has 0 bridgehead atoms. The number of aryl methyl sites for hydroxylation is 1. The van der Waals surface area contributed by atoms with Crippen LogP contribution in [-0.2, 0) is 0 Å². The molecule has 0 atom stereocenters. The average Bonchev–Trinajstić information content (AvgIpc) is 3.24. The molecule has 0 spiro atoms. The monoisotopic (exact) mass is 415 g/mol. The van der Waals surface area contributed by atoms with Crippen molar-refractivity contribution in [1.29, 1.82) is 0 Å². The first-order chi connectivity index (χ1) is 14.7. The molecule has 1 aromatic carbocycles. The Morgan fingerprint density at radius 3 is 2.47 bits per heavy atom. The van der Waals surface area contributed by atoms with Gasteiger partial charge in [-0.05, 0) is 31.2 Å². The first kappa shape index (κ1) is 18.7. The van der Waals surface area contributed by atoms with E-state index in [0.717, 1.165) is 45.5 Å². The van der Waals surface area contributed by atoms with E-state index in [-0.39, 0.29) is 5.91 Å². The maximum absolute atomic E-state index is 13.1. The molecule has 150 valence electrons. The number of hydrogen-bond donors (Lipinski definition) is 0. The van der Waals surface area contributed by atoms with Gasteiger partial charge in [-0.15, -0.1) is 0 Å². The second kappa shape index (κ2) is 7.84. The van der Waals surface area contributed by atoms with E-state index in [4.69, 9.17) is 0 Å². The van der Waals surface area contributed by atoms with E-state index in [1.165, 1.54) is 0 Å². The van der Waals surface area contributed by atoms with Crippen molar-refractivity contribution in [3.63, 3.8) is 0 Å². The molecule has 30 heavy (non-hydrogen) atoms. The fourth-order valence-corrected chi connectivity index (χ4v) is 4.68. The molecule has 1 amide bonds. The van der Waals surface area contributed by atoms with Gasteiger partial charge in [0.05, 0.1) is 17.0 Å². The number of benzene rings is 1. The standard InChI is InChI=1S/C23H21N5OS/c1-16-18(9-10-19(25-16)17-6-3-2-4-7-17)22(29)27-12-14-28(15-13-27)23-26-20-8-5-11-24-21(20)30-23/h2-11H,12-15H2,1H3. The summed E-state index contributed by atoms with van der Waals surface area (Å²) >= 11 is 1.60. The lowest BCUT2D eigenvalue weighted by molar-refractivity contribution is 0.0745. The molecule has 4 aromatic rings. The van der Waals surface area contributed by atoms with Crippen molar-refractivity contribution in [3.8, 4) is 11.3 Å². The van der Waals surface area contributed by atoms with Crippen LogP contribution in [0.15, 0.2) is 60.8 Å². The van der Waals surface area contributed by atoms with Crippen LogP contribution in [0, 0.1) is 6.92 Å². The van der Waals surface area contributed by atoms with E-state index in [0.29, 0.717) is 18.7 Å². The predicted molar refractivity (Wildman–Crippen MR) is 120 cm³/mol. The Morgan fingerprint density at radius 2 is 1.73 bits per heavy atom. The third-order valence-corrected chi connectivity index (χ3v) is 6.42. The Kier molecular flexibility index (Phi) is 4.88. The summed E-state index contributed by atoms with van der Waals surface area (Å²) in [7, 11) is 0. The molecular weight excluding hydrogens is 394 g/mol. The van der Waals surface area contributed by atoms with Gasteiger partial charge in [0.2, 0.25) is 0 Å². The quantitative estimate of drug-likeness (QED) is 0.506. The number of fused-ring (bicyclic) bond motifs is 1. The van der Waals surface area contributed by atoms with Crippen LogP contribution in [0.2, 0.25) is 0 Å². The third-order valence-electron chi connectivity index (χ3n) is 5.38. The molecule has 1 aliphatic rings. The Bertz CT molecular complexity index is 1170. The molecular formula is C23H21N5OS. The highest BCUT2D eigenvalue weighted by atomic mass is 32.1. The summed E-state index contributed by atoms with van der Waals surface area (Å²) in [5.74, 6) is 0.0465. The highest BCUT2D eigenvalue weighted by Gasteiger charge is 2.25. The molecule has 3 aromatic heterocycles. The van der Waals surface area contributed by atoms with Crippen LogP contribution in [0.1, 0.15) is 16.1 Å². The number of thiazole rings is 1. The van der Waals surface area contributed by atoms with Crippen molar-refractivity contribution in [2.75, 3.05) is 31.1 Å². The van der Waals surface area contributed by atoms with Gasteiger partial charge in [0.25, 0.3) is 5.91 Å². The van der Waals surface area contributed by atoms with Crippen molar-refractivity contribution in [2.24, 2.45) is 0 Å². The van der Waals surface area contributed by atoms with E-state index in [2.05, 4.69) is 19.9 Å². The Morgan fingerprint density at radius 1 is 0.933 bits per heavy atom. The minimum atomic E-state index is 0.0465. The number of carbonyl (C=O) groups excluding carboxylic acids is 1. The molecule has 7 heteroatoms. The smallest absolute Gasteiger partial charge is 0.255 e. The number of aromatic nitrogens is 3. The molecule has 5 rings (SSSR count). The van der Waals surface area contributed by atoms with Crippen molar-refractivity contribution in [3.05, 3.63) is 72.1 Å². The van der Waals surface area contributed by atoms with E-state index < -0.39 is 0 Å². The van der Waals surface area contributed by atoms with Gasteiger partial charge in [-0.25, -0.2) is 9.97 Å².